The van der Waals surface area contributed by atoms with Crippen molar-refractivity contribution in [2.24, 2.45) is 0 Å². The summed E-state index contributed by atoms with van der Waals surface area (Å²) in [6.45, 7) is 2.24. The average Bonchev–Trinajstić information content (AvgIpc) is 2.54. The highest BCUT2D eigenvalue weighted by atomic mass is 28.3. The number of rotatable bonds is 7. The number of benzene rings is 1. The molecule has 1 aromatic rings. The Morgan fingerprint density at radius 2 is 1.71 bits per heavy atom. The van der Waals surface area contributed by atoms with Gasteiger partial charge >= 0.3 is 0 Å². The van der Waals surface area contributed by atoms with Crippen molar-refractivity contribution in [3.63, 3.8) is 0 Å². The molecule has 0 aliphatic heterocycles. The Balaban J connectivity index is 1.92. The Hall–Kier alpha value is -0.843. The summed E-state index contributed by atoms with van der Waals surface area (Å²) in [7, 11) is 2.62. The molecule has 21 heavy (non-hydrogen) atoms. The summed E-state index contributed by atoms with van der Waals surface area (Å²) in [6, 6.07) is 9.66. The first-order valence-electron chi connectivity index (χ1n) is 8.03. The Kier molecular flexibility index (Phi) is 6.27. The minimum atomic E-state index is -0.961. The Morgan fingerprint density at radius 3 is 2.29 bits per heavy atom. The van der Waals surface area contributed by atoms with Crippen LogP contribution in [0, 0.1) is 0 Å². The number of hydrogen-bond acceptors (Lipinski definition) is 3. The lowest BCUT2D eigenvalue weighted by atomic mass is 9.94. The van der Waals surface area contributed by atoms with Crippen molar-refractivity contribution in [3.05, 3.63) is 29.8 Å². The van der Waals surface area contributed by atoms with Crippen molar-refractivity contribution in [2.75, 3.05) is 14.2 Å². The molecule has 0 radical (unpaired) electrons. The van der Waals surface area contributed by atoms with E-state index in [1.807, 2.05) is 7.11 Å². The van der Waals surface area contributed by atoms with Crippen LogP contribution in [0.1, 0.15) is 37.7 Å². The van der Waals surface area contributed by atoms with Crippen LogP contribution in [0.15, 0.2) is 24.3 Å². The number of ether oxygens (including phenoxy) is 2. The lowest BCUT2D eigenvalue weighted by Gasteiger charge is -2.36. The van der Waals surface area contributed by atoms with Crippen LogP contribution in [0.25, 0.3) is 0 Å². The standard InChI is InChI=1S/C17H28O3Si/c1-18-17(12-5-4-6-13-17)20-16-9-7-15(8-10-16)11-14-21(3)19-2/h7-10,21H,4-6,11-14H2,1-3H3. The molecule has 0 aromatic heterocycles. The van der Waals surface area contributed by atoms with E-state index in [0.29, 0.717) is 0 Å². The zero-order valence-corrected chi connectivity index (χ0v) is 14.7. The number of hydrogen-bond donors (Lipinski definition) is 0. The highest BCUT2D eigenvalue weighted by Gasteiger charge is 2.34. The van der Waals surface area contributed by atoms with E-state index in [-0.39, 0.29) is 0 Å². The van der Waals surface area contributed by atoms with E-state index >= 15 is 0 Å². The fraction of sp³-hybridized carbons (Fsp3) is 0.647. The van der Waals surface area contributed by atoms with E-state index < -0.39 is 14.8 Å². The van der Waals surface area contributed by atoms with Crippen molar-refractivity contribution in [1.29, 1.82) is 0 Å². The predicted octanol–water partition coefficient (Wildman–Crippen LogP) is 3.91. The molecular formula is C17H28O3Si. The molecule has 1 unspecified atom stereocenters. The van der Waals surface area contributed by atoms with Gasteiger partial charge in [0.25, 0.3) is 0 Å². The summed E-state index contributed by atoms with van der Waals surface area (Å²) in [5.41, 5.74) is 1.36. The fourth-order valence-electron chi connectivity index (χ4n) is 2.87. The monoisotopic (exact) mass is 308 g/mol. The molecule has 4 heteroatoms. The quantitative estimate of drug-likeness (QED) is 0.564. The summed E-state index contributed by atoms with van der Waals surface area (Å²) in [6.07, 6.45) is 6.73. The summed E-state index contributed by atoms with van der Waals surface area (Å²) < 4.78 is 17.3. The second-order valence-electron chi connectivity index (χ2n) is 6.01. The van der Waals surface area contributed by atoms with E-state index in [4.69, 9.17) is 13.9 Å². The van der Waals surface area contributed by atoms with Crippen molar-refractivity contribution in [1.82, 2.24) is 0 Å². The maximum absolute atomic E-state index is 6.16. The van der Waals surface area contributed by atoms with Gasteiger partial charge < -0.3 is 13.9 Å². The van der Waals surface area contributed by atoms with Gasteiger partial charge in [-0.15, -0.1) is 0 Å². The summed E-state index contributed by atoms with van der Waals surface area (Å²) in [4.78, 5) is 0. The van der Waals surface area contributed by atoms with Crippen molar-refractivity contribution in [3.8, 4) is 5.75 Å². The van der Waals surface area contributed by atoms with E-state index in [1.54, 1.807) is 7.11 Å². The number of methoxy groups -OCH3 is 1. The topological polar surface area (TPSA) is 27.7 Å². The van der Waals surface area contributed by atoms with Gasteiger partial charge in [-0.1, -0.05) is 18.6 Å². The molecule has 0 amide bonds. The minimum absolute atomic E-state index is 0.406. The van der Waals surface area contributed by atoms with Gasteiger partial charge in [0.15, 0.2) is 9.04 Å². The third-order valence-corrected chi connectivity index (χ3v) is 6.36. The molecule has 0 N–H and O–H groups in total. The largest absolute Gasteiger partial charge is 0.462 e. The third-order valence-electron chi connectivity index (χ3n) is 4.46. The second-order valence-corrected chi connectivity index (χ2v) is 8.68. The first kappa shape index (κ1) is 16.5. The third kappa shape index (κ3) is 4.83. The summed E-state index contributed by atoms with van der Waals surface area (Å²) >= 11 is 0. The van der Waals surface area contributed by atoms with Crippen molar-refractivity contribution in [2.45, 2.75) is 56.9 Å². The van der Waals surface area contributed by atoms with Crippen LogP contribution in [-0.4, -0.2) is 29.0 Å². The molecule has 3 nitrogen and oxygen atoms in total. The first-order valence-corrected chi connectivity index (χ1v) is 10.5. The van der Waals surface area contributed by atoms with Gasteiger partial charge in [-0.25, -0.2) is 0 Å². The predicted molar refractivity (Wildman–Crippen MR) is 88.4 cm³/mol. The van der Waals surface area contributed by atoms with Gasteiger partial charge in [-0.3, -0.25) is 0 Å². The van der Waals surface area contributed by atoms with Gasteiger partial charge in [0.2, 0.25) is 5.79 Å². The van der Waals surface area contributed by atoms with Crippen molar-refractivity contribution < 1.29 is 13.9 Å². The summed E-state index contributed by atoms with van der Waals surface area (Å²) in [5, 5.41) is 0. The molecule has 0 heterocycles. The Bertz CT molecular complexity index is 413. The average molecular weight is 308 g/mol. The van der Waals surface area contributed by atoms with E-state index in [2.05, 4.69) is 30.8 Å². The van der Waals surface area contributed by atoms with E-state index in [9.17, 15) is 0 Å². The number of aryl methyl sites for hydroxylation is 1. The first-order chi connectivity index (χ1) is 10.2. The molecule has 1 aromatic carbocycles. The van der Waals surface area contributed by atoms with E-state index in [0.717, 1.165) is 25.0 Å². The molecule has 1 aliphatic rings. The van der Waals surface area contributed by atoms with Crippen LogP contribution in [0.5, 0.6) is 5.75 Å². The van der Waals surface area contributed by atoms with Gasteiger partial charge in [-0.05, 0) is 49.5 Å². The summed E-state index contributed by atoms with van der Waals surface area (Å²) in [5.74, 6) is 0.511. The lowest BCUT2D eigenvalue weighted by Crippen LogP contribution is -2.40. The maximum Gasteiger partial charge on any atom is 0.210 e. The molecule has 0 bridgehead atoms. The SMILES string of the molecule is CO[SiH](C)CCc1ccc(OC2(OC)CCCCC2)cc1. The van der Waals surface area contributed by atoms with Gasteiger partial charge in [0.1, 0.15) is 5.75 Å². The van der Waals surface area contributed by atoms with Crippen LogP contribution >= 0.6 is 0 Å². The zero-order chi connectivity index (χ0) is 15.1. The van der Waals surface area contributed by atoms with Gasteiger partial charge in [0.05, 0.1) is 0 Å². The molecule has 0 spiro atoms. The lowest BCUT2D eigenvalue weighted by molar-refractivity contribution is -0.182. The van der Waals surface area contributed by atoms with Gasteiger partial charge in [-0.2, -0.15) is 0 Å². The smallest absolute Gasteiger partial charge is 0.210 e. The molecule has 1 fully saturated rings. The minimum Gasteiger partial charge on any atom is -0.462 e. The molecule has 2 rings (SSSR count). The van der Waals surface area contributed by atoms with Crippen LogP contribution < -0.4 is 4.74 Å². The van der Waals surface area contributed by atoms with Crippen LogP contribution in [0.2, 0.25) is 12.6 Å². The molecular weight excluding hydrogens is 280 g/mol. The van der Waals surface area contributed by atoms with Gasteiger partial charge in [0, 0.05) is 27.1 Å². The fourth-order valence-corrected chi connectivity index (χ4v) is 3.84. The highest BCUT2D eigenvalue weighted by molar-refractivity contribution is 6.50. The molecule has 1 saturated carbocycles. The van der Waals surface area contributed by atoms with E-state index in [1.165, 1.54) is 30.9 Å². The molecule has 0 saturated heterocycles. The zero-order valence-electron chi connectivity index (χ0n) is 13.6. The molecule has 1 aliphatic carbocycles. The Morgan fingerprint density at radius 1 is 1.05 bits per heavy atom. The normalized spacial score (nSPS) is 19.2. The second kappa shape index (κ2) is 7.97. The van der Waals surface area contributed by atoms with Crippen LogP contribution in [0.3, 0.4) is 0 Å². The van der Waals surface area contributed by atoms with Crippen molar-refractivity contribution >= 4 is 9.04 Å². The van der Waals surface area contributed by atoms with Crippen LogP contribution in [-0.2, 0) is 15.6 Å². The molecule has 1 atom stereocenters. The molecule has 118 valence electrons. The maximum atomic E-state index is 6.16. The Labute approximate surface area is 130 Å². The highest BCUT2D eigenvalue weighted by Crippen LogP contribution is 2.33. The van der Waals surface area contributed by atoms with Crippen LogP contribution in [0.4, 0.5) is 0 Å².